The summed E-state index contributed by atoms with van der Waals surface area (Å²) in [5.74, 6) is -6.76. The van der Waals surface area contributed by atoms with Crippen molar-refractivity contribution in [2.45, 2.75) is 208 Å². The molecule has 16 atom stereocenters. The Bertz CT molecular complexity index is 2380. The van der Waals surface area contributed by atoms with Crippen LogP contribution in [0.3, 0.4) is 0 Å². The van der Waals surface area contributed by atoms with Crippen LogP contribution in [-0.2, 0) is 54.3 Å². The normalized spacial score (nSPS) is 34.9. The van der Waals surface area contributed by atoms with Gasteiger partial charge in [-0.1, -0.05) is 105 Å². The number of hydrogen-bond donors (Lipinski definition) is 6. The van der Waals surface area contributed by atoms with Gasteiger partial charge >= 0.3 is 18.1 Å². The Morgan fingerprint density at radius 3 is 2.03 bits per heavy atom. The third-order valence-corrected chi connectivity index (χ3v) is 19.0. The number of allylic oxidation sites excluding steroid dienone is 1. The van der Waals surface area contributed by atoms with Crippen LogP contribution in [0.1, 0.15) is 159 Å². The summed E-state index contributed by atoms with van der Waals surface area (Å²) < 4.78 is 50.1. The minimum atomic E-state index is -5.01. The quantitative estimate of drug-likeness (QED) is 0.0891. The summed E-state index contributed by atoms with van der Waals surface area (Å²) in [6.45, 7) is 20.3. The molecule has 1 aromatic carbocycles. The molecule has 78 heavy (non-hydrogen) atoms. The third-order valence-electron chi connectivity index (χ3n) is 19.0. The van der Waals surface area contributed by atoms with Gasteiger partial charge in [0.05, 0.1) is 0 Å². The van der Waals surface area contributed by atoms with Crippen molar-refractivity contribution in [2.24, 2.45) is 64.1 Å². The molecule has 4 aliphatic carbocycles. The summed E-state index contributed by atoms with van der Waals surface area (Å²) in [6.07, 6.45) is 2.77. The van der Waals surface area contributed by atoms with Crippen molar-refractivity contribution >= 4 is 47.4 Å². The molecule has 5 aliphatic rings. The van der Waals surface area contributed by atoms with Gasteiger partial charge in [0.25, 0.3) is 5.91 Å². The fraction of sp³-hybridized carbons (Fsp3) is 0.729. The smallest absolute Gasteiger partial charge is 0.458 e. The maximum Gasteiger partial charge on any atom is 0.490 e. The second-order valence-electron chi connectivity index (χ2n) is 24.6. The maximum atomic E-state index is 14.7. The van der Waals surface area contributed by atoms with Gasteiger partial charge in [-0.3, -0.25) is 28.8 Å². The lowest BCUT2D eigenvalue weighted by atomic mass is 9.44. The largest absolute Gasteiger partial charge is 0.490 e. The second kappa shape index (κ2) is 25.7. The molecular formula is C59H87F3N6O10. The van der Waals surface area contributed by atoms with Gasteiger partial charge in [-0.25, -0.2) is 9.59 Å². The van der Waals surface area contributed by atoms with Crippen LogP contribution in [0.15, 0.2) is 42.1 Å². The molecule has 0 aromatic heterocycles. The molecule has 1 aromatic rings. The number of rotatable bonds is 12. The summed E-state index contributed by atoms with van der Waals surface area (Å²) >= 11 is 0. The molecule has 19 heteroatoms. The highest BCUT2D eigenvalue weighted by Crippen LogP contribution is 2.68. The fourth-order valence-corrected chi connectivity index (χ4v) is 14.3. The van der Waals surface area contributed by atoms with Crippen molar-refractivity contribution < 1.29 is 61.0 Å². The molecule has 0 unspecified atom stereocenters. The number of halogens is 3. The molecule has 16 nitrogen and oxygen atoms in total. The molecule has 6 amide bonds. The first-order chi connectivity index (χ1) is 36.6. The predicted octanol–water partition coefficient (Wildman–Crippen LogP) is 7.53. The number of nitrogens with one attached hydrogen (secondary N) is 6. The number of ether oxygens (including phenoxy) is 2. The van der Waals surface area contributed by atoms with E-state index in [0.29, 0.717) is 54.9 Å². The van der Waals surface area contributed by atoms with E-state index in [-0.39, 0.29) is 41.2 Å². The van der Waals surface area contributed by atoms with E-state index in [1.54, 1.807) is 58.9 Å². The Hall–Kier alpha value is -5.49. The zero-order valence-corrected chi connectivity index (χ0v) is 47.6. The van der Waals surface area contributed by atoms with Crippen LogP contribution < -0.4 is 31.9 Å². The zero-order valence-electron chi connectivity index (χ0n) is 47.6. The number of fused-ring (bicyclic) bond motifs is 5. The first-order valence-corrected chi connectivity index (χ1v) is 28.6. The molecule has 0 bridgehead atoms. The van der Waals surface area contributed by atoms with E-state index in [0.717, 1.165) is 44.9 Å². The second-order valence-corrected chi connectivity index (χ2v) is 24.6. The Morgan fingerprint density at radius 1 is 0.769 bits per heavy atom. The molecule has 1 saturated heterocycles. The van der Waals surface area contributed by atoms with Crippen molar-refractivity contribution in [3.8, 4) is 0 Å². The highest BCUT2D eigenvalue weighted by Gasteiger charge is 2.61. The first kappa shape index (κ1) is 61.7. The van der Waals surface area contributed by atoms with Crippen molar-refractivity contribution in [2.75, 3.05) is 0 Å². The van der Waals surface area contributed by atoms with Crippen molar-refractivity contribution in [1.82, 2.24) is 31.9 Å². The van der Waals surface area contributed by atoms with Gasteiger partial charge in [-0.15, -0.1) is 0 Å². The number of cyclic esters (lactones) is 1. The van der Waals surface area contributed by atoms with Crippen LogP contribution in [-0.4, -0.2) is 96.0 Å². The van der Waals surface area contributed by atoms with Gasteiger partial charge in [0.15, 0.2) is 0 Å². The molecule has 1 aliphatic heterocycles. The fourth-order valence-electron chi connectivity index (χ4n) is 14.3. The van der Waals surface area contributed by atoms with Gasteiger partial charge in [0, 0.05) is 12.8 Å². The minimum Gasteiger partial charge on any atom is -0.458 e. The van der Waals surface area contributed by atoms with Gasteiger partial charge in [0.2, 0.25) is 29.5 Å². The highest BCUT2D eigenvalue weighted by molar-refractivity contribution is 6.01. The number of carbonyl (C=O) groups excluding carboxylic acids is 8. The number of hydrogen-bond acceptors (Lipinski definition) is 10. The minimum absolute atomic E-state index is 0.00884. The zero-order chi connectivity index (χ0) is 57.6. The van der Waals surface area contributed by atoms with E-state index in [9.17, 15) is 51.5 Å². The third kappa shape index (κ3) is 14.1. The molecule has 5 fully saturated rings. The van der Waals surface area contributed by atoms with E-state index in [1.165, 1.54) is 19.9 Å². The van der Waals surface area contributed by atoms with E-state index in [1.807, 2.05) is 13.0 Å². The highest BCUT2D eigenvalue weighted by atomic mass is 19.4. The Labute approximate surface area is 458 Å². The number of carbonyl (C=O) groups is 8. The lowest BCUT2D eigenvalue weighted by Gasteiger charge is -2.61. The monoisotopic (exact) mass is 1100 g/mol. The Morgan fingerprint density at radius 2 is 1.40 bits per heavy atom. The van der Waals surface area contributed by atoms with Crippen LogP contribution in [0, 0.1) is 64.1 Å². The SMILES string of the molecule is C/C=C1\NC(=O)[C@H](Cc2ccccc2)NC(=O)[C@@H](C(C)C)NC(=O)[C@@H]([C@@H](C)CC)NC(=O)[C@H](NC(=O)CC[C@@H](C)[C@H]2CC[C@H]3[C@@H]4CC[C@@H]5C[C@H](OC(=O)C(F)(F)F)CC[C@]5(C)[C@H]4CC[C@]23C)[C@@H](C)OC(=O)[C@H](C(C)C)NC1=O. The molecule has 434 valence electrons. The summed E-state index contributed by atoms with van der Waals surface area (Å²) in [5.41, 5.74) is 0.465. The Balaban J connectivity index is 1.19. The van der Waals surface area contributed by atoms with Crippen LogP contribution >= 0.6 is 0 Å². The molecule has 0 radical (unpaired) electrons. The summed E-state index contributed by atoms with van der Waals surface area (Å²) in [5, 5.41) is 16.6. The van der Waals surface area contributed by atoms with Gasteiger partial charge in [-0.2, -0.15) is 13.2 Å². The first-order valence-electron chi connectivity index (χ1n) is 28.6. The molecule has 0 spiro atoms. The predicted molar refractivity (Wildman–Crippen MR) is 286 cm³/mol. The average Bonchev–Trinajstić information content (AvgIpc) is 3.97. The summed E-state index contributed by atoms with van der Waals surface area (Å²) in [6, 6.07) is 2.56. The van der Waals surface area contributed by atoms with Crippen LogP contribution in [0.25, 0.3) is 0 Å². The number of amides is 6. The van der Waals surface area contributed by atoms with Crippen LogP contribution in [0.4, 0.5) is 13.2 Å². The molecule has 1 heterocycles. The van der Waals surface area contributed by atoms with E-state index < -0.39 is 114 Å². The molecule has 6 N–H and O–H groups in total. The standard InChI is InChI=1S/C59H87F3N6O10/c1-12-33(7)48-53(73)66-46(31(3)4)52(72)64-44(29-36-17-15-14-16-18-36)51(71)63-43(13-2)50(70)67-47(32(5)6)55(75)77-35(9)49(54(74)68-48)65-45(69)24-19-34(8)40-22-23-41-39-21-20-37-30-38(78-56(76)59(60,61)62)25-27-57(37,10)42(39)26-28-58(40,41)11/h13-18,31-35,37-42,44,46-49H,12,19-30H2,1-11H3,(H,63,71)(H,64,72)(H,65,69)(H,66,73)(H,67,70)(H,68,74)/b43-13-/t33-,34+,35+,37+,38+,39-,40+,41-,42-,44-,46+,47-,48+,49+,57-,58+/m0/s1. The van der Waals surface area contributed by atoms with E-state index >= 15 is 0 Å². The number of esters is 2. The Kier molecular flexibility index (Phi) is 20.4. The van der Waals surface area contributed by atoms with Gasteiger partial charge < -0.3 is 41.4 Å². The van der Waals surface area contributed by atoms with Crippen LogP contribution in [0.5, 0.6) is 0 Å². The maximum absolute atomic E-state index is 14.7. The molecular weight excluding hydrogens is 1010 g/mol. The van der Waals surface area contributed by atoms with E-state index in [2.05, 4.69) is 52.7 Å². The van der Waals surface area contributed by atoms with Crippen molar-refractivity contribution in [3.05, 3.63) is 47.7 Å². The lowest BCUT2D eigenvalue weighted by Crippen LogP contribution is -2.62. The number of benzene rings is 1. The van der Waals surface area contributed by atoms with Crippen LogP contribution in [0.2, 0.25) is 0 Å². The summed E-state index contributed by atoms with van der Waals surface area (Å²) in [4.78, 5) is 111. The summed E-state index contributed by atoms with van der Waals surface area (Å²) in [7, 11) is 0. The van der Waals surface area contributed by atoms with Crippen molar-refractivity contribution in [3.63, 3.8) is 0 Å². The van der Waals surface area contributed by atoms with Crippen molar-refractivity contribution in [1.29, 1.82) is 0 Å². The lowest BCUT2D eigenvalue weighted by molar-refractivity contribution is -0.210. The topological polar surface area (TPSA) is 227 Å². The molecule has 4 saturated carbocycles. The average molecular weight is 1100 g/mol. The number of alkyl halides is 3. The van der Waals surface area contributed by atoms with Gasteiger partial charge in [-0.05, 0) is 148 Å². The van der Waals surface area contributed by atoms with E-state index in [4.69, 9.17) is 9.47 Å². The molecule has 6 rings (SSSR count). The van der Waals surface area contributed by atoms with Gasteiger partial charge in [0.1, 0.15) is 48.1 Å².